The van der Waals surface area contributed by atoms with Gasteiger partial charge in [0.2, 0.25) is 23.1 Å². The lowest BCUT2D eigenvalue weighted by atomic mass is 9.35. The van der Waals surface area contributed by atoms with E-state index >= 15 is 0 Å². The van der Waals surface area contributed by atoms with Crippen LogP contribution in [-0.2, 0) is 71.5 Å². The third-order valence-corrected chi connectivity index (χ3v) is 37.2. The van der Waals surface area contributed by atoms with Gasteiger partial charge in [-0.15, -0.1) is 0 Å². The monoisotopic (exact) mass is 1560 g/mol. The number of fused-ring (bicyclic) bond motifs is 8. The fourth-order valence-corrected chi connectivity index (χ4v) is 33.5. The number of allylic oxidation sites excluding steroid dienone is 4. The zero-order valence-electron chi connectivity index (χ0n) is 66.2. The summed E-state index contributed by atoms with van der Waals surface area (Å²) < 4.78 is 50.3. The topological polar surface area (TPSA) is 419 Å². The maximum absolute atomic E-state index is 14.3. The number of ether oxygens (including phenoxy) is 8. The Balaban J connectivity index is 0.0000000944. The van der Waals surface area contributed by atoms with Crippen molar-refractivity contribution in [2.75, 3.05) is 39.5 Å². The van der Waals surface area contributed by atoms with E-state index in [4.69, 9.17) is 37.9 Å². The standard InChI is InChI=1S/C23H29NO6.C23H30O6.C20H25NO6.C20H28O6/c1-18(2)8-7-13(25)20-10-28-23(15(26)14(18)20)22-12(20)6-5-11(21(9-24-21)17(22)27)16(22)29-19(3,4)30-23;1-11-12-6-7-13-21-10-27-23(17(26)15(21)19(2,3)9-8-14(21)24)22(13,16(11)25)18(12)28-20(4,5)29-23;1-16(2)6-5-11(22)17-8-27-20(26,14(24)12(16)17)19-10(17)4-3-9(13(19)23)18(7-21-18)15(19)25;1-9-10-4-5-11-18-8-26-20(25,19(11,14(9)22)15(10)23)16(24)13(18)17(2,3)7-6-12(18)21/h7-8,11-12,14-16,24,26H,5-6,9-10H2,1-4H3;12-13,15,17-18,26H,1,6-10H2,2-5H3;5-6,9-10,12-14,21,23-24,26H,3-4,7-8H2,1-2H3;10-13,15-16,21,23-25H,1,4-8H2,2-3H3/t11-,12?,14?,15+,16-,20-,21?,22-,23+;12-,13?,15?,17-,18+,21+,22-,23-;9-,10?,12?,13-,14+,17-,18?,19-,20-;10-,11?,12-,13?,15+,16-,18+,19-,20+/m1010/s1. The molecule has 12 saturated heterocycles. The molecule has 0 aromatic heterocycles. The SMILES string of the molecule is C=C1C(=O)[C@@]23C(CC[C@@H]1[C@H]2O)[C@@]12CO[C@]3(O)[C@@H](O)C1C(C)(C)CC[C@@H]2O.C=C1C(=O)[C@@]23C4CC[C@@H]1[C@H]2OC(C)(C)O[C@]31OC[C@]42C(=O)CCC(C)(C)C2[C@@H]1O.CC1(C)C=CC(=O)[C@]23CO[C@](O)([C@@H](O)C12)[C@]12C(=O)C4(CN4)[C@H](CCC31)[C@H]2O.CC1(C)O[C@@H]2[C@H]3CCC4[C@@]56CO[C@](O1)([C@@H](O)C5C(C)(C)C=CC6=O)[C@]42C(=O)C31CN1. The first-order chi connectivity index (χ1) is 52.1. The van der Waals surface area contributed by atoms with Gasteiger partial charge in [0.15, 0.2) is 46.3 Å². The average Bonchev–Trinajstić information content (AvgIpc) is 1.36. The molecule has 12 spiro atoms. The minimum absolute atomic E-state index is 0.00791. The van der Waals surface area contributed by atoms with E-state index in [2.05, 4.69) is 51.5 Å². The molecule has 28 rings (SSSR count). The van der Waals surface area contributed by atoms with Gasteiger partial charge in [0.05, 0.1) is 84.3 Å². The molecule has 0 aromatic rings. The molecule has 26 heteroatoms. The quantitative estimate of drug-likeness (QED) is 0.123. The van der Waals surface area contributed by atoms with E-state index < -0.39 is 190 Å². The van der Waals surface area contributed by atoms with Crippen molar-refractivity contribution in [2.24, 2.45) is 136 Å². The van der Waals surface area contributed by atoms with E-state index in [1.54, 1.807) is 18.2 Å². The van der Waals surface area contributed by atoms with Gasteiger partial charge in [-0.2, -0.15) is 0 Å². The maximum Gasteiger partial charge on any atom is 0.213 e. The molecule has 11 N–H and O–H groups in total. The Kier molecular flexibility index (Phi) is 14.3. The maximum atomic E-state index is 14.3. The van der Waals surface area contributed by atoms with Gasteiger partial charge in [-0.3, -0.25) is 33.6 Å². The summed E-state index contributed by atoms with van der Waals surface area (Å²) in [5, 5.41) is 110. The summed E-state index contributed by atoms with van der Waals surface area (Å²) in [5.74, 6) is -14.2. The van der Waals surface area contributed by atoms with E-state index in [9.17, 15) is 79.5 Å². The van der Waals surface area contributed by atoms with Crippen molar-refractivity contribution in [2.45, 2.75) is 261 Å². The molecular weight excluding hydrogens is 1440 g/mol. The number of nitrogens with one attached hydrogen (secondary N) is 2. The van der Waals surface area contributed by atoms with Crippen molar-refractivity contribution in [1.29, 1.82) is 0 Å². The average molecular weight is 1560 g/mol. The summed E-state index contributed by atoms with van der Waals surface area (Å²) in [4.78, 5) is 95.7. The minimum Gasteiger partial charge on any atom is -0.392 e. The van der Waals surface area contributed by atoms with Crippen LogP contribution in [0.4, 0.5) is 0 Å². The van der Waals surface area contributed by atoms with Crippen LogP contribution < -0.4 is 10.6 Å². The normalized spacial score (nSPS) is 59.6. The van der Waals surface area contributed by atoms with Crippen LogP contribution >= 0.6 is 0 Å². The zero-order chi connectivity index (χ0) is 79.9. The summed E-state index contributed by atoms with van der Waals surface area (Å²) in [6, 6.07) is 0. The molecule has 12 aliphatic heterocycles. The van der Waals surface area contributed by atoms with Crippen LogP contribution in [0, 0.1) is 136 Å². The van der Waals surface area contributed by atoms with E-state index in [1.807, 2.05) is 61.5 Å². The summed E-state index contributed by atoms with van der Waals surface area (Å²) in [5.41, 5.74) is -11.6. The molecule has 28 aliphatic rings. The van der Waals surface area contributed by atoms with Crippen molar-refractivity contribution in [3.8, 4) is 0 Å². The molecule has 10 unspecified atom stereocenters. The largest absolute Gasteiger partial charge is 0.392 e. The van der Waals surface area contributed by atoms with Crippen molar-refractivity contribution in [3.05, 3.63) is 48.6 Å². The second kappa shape index (κ2) is 21.2. The second-order valence-corrected chi connectivity index (χ2v) is 43.2. The lowest BCUT2D eigenvalue weighted by Crippen LogP contribution is -2.88. The Morgan fingerprint density at radius 2 is 0.875 bits per heavy atom. The molecule has 14 saturated carbocycles. The highest BCUT2D eigenvalue weighted by Crippen LogP contribution is 2.84. The zero-order valence-corrected chi connectivity index (χ0v) is 66.2. The molecule has 112 heavy (non-hydrogen) atoms. The van der Waals surface area contributed by atoms with Gasteiger partial charge in [-0.25, -0.2) is 0 Å². The van der Waals surface area contributed by atoms with Crippen LogP contribution in [0.3, 0.4) is 0 Å². The van der Waals surface area contributed by atoms with Gasteiger partial charge in [-0.1, -0.05) is 80.7 Å². The summed E-state index contributed by atoms with van der Waals surface area (Å²) in [7, 11) is 0. The first-order valence-corrected chi connectivity index (χ1v) is 41.7. The molecule has 35 atom stereocenters. The highest BCUT2D eigenvalue weighted by molar-refractivity contribution is 6.09. The van der Waals surface area contributed by atoms with E-state index in [1.165, 1.54) is 0 Å². The Hall–Kier alpha value is -4.11. The first-order valence-electron chi connectivity index (χ1n) is 41.7. The number of Topliss-reactive ketones (excluding diaryl/α,β-unsaturated/α-hetero) is 5. The van der Waals surface area contributed by atoms with Gasteiger partial charge in [0, 0.05) is 72.3 Å². The van der Waals surface area contributed by atoms with E-state index in [-0.39, 0.29) is 113 Å². The Morgan fingerprint density at radius 3 is 1.49 bits per heavy atom. The molecule has 0 aromatic carbocycles. The number of aliphatic hydroxyl groups is 9. The minimum atomic E-state index is -2.18. The predicted octanol–water partition coefficient (Wildman–Crippen LogP) is 2.85. The molecule has 26 fully saturated rings. The Morgan fingerprint density at radius 1 is 0.429 bits per heavy atom. The molecule has 16 aliphatic carbocycles. The molecule has 12 heterocycles. The number of carbonyl (C=O) groups is 7. The number of aliphatic hydroxyl groups excluding tert-OH is 7. The lowest BCUT2D eigenvalue weighted by Gasteiger charge is -2.76. The fourth-order valence-electron chi connectivity index (χ4n) is 33.5. The smallest absolute Gasteiger partial charge is 0.213 e. The third-order valence-electron chi connectivity index (χ3n) is 37.2. The molecule has 0 amide bonds. The molecule has 26 nitrogen and oxygen atoms in total. The lowest BCUT2D eigenvalue weighted by molar-refractivity contribution is -0.523. The molecular formula is C86H112N2O24. The third kappa shape index (κ3) is 7.29. The van der Waals surface area contributed by atoms with Crippen LogP contribution in [0.1, 0.15) is 160 Å². The summed E-state index contributed by atoms with van der Waals surface area (Å²) in [6.07, 6.45) is 5.89. The Labute approximate surface area is 650 Å². The number of hydrogen-bond donors (Lipinski definition) is 11. The van der Waals surface area contributed by atoms with Gasteiger partial charge in [0.25, 0.3) is 0 Å². The van der Waals surface area contributed by atoms with Crippen molar-refractivity contribution < 1.29 is 117 Å². The van der Waals surface area contributed by atoms with E-state index in [0.29, 0.717) is 62.8 Å². The molecule has 0 radical (unpaired) electrons. The van der Waals surface area contributed by atoms with Crippen molar-refractivity contribution >= 4 is 40.5 Å². The summed E-state index contributed by atoms with van der Waals surface area (Å²) >= 11 is 0. The molecule has 16 bridgehead atoms. The fraction of sp³-hybridized carbons (Fsp3) is 0.826. The highest BCUT2D eigenvalue weighted by atomic mass is 16.8. The van der Waals surface area contributed by atoms with Crippen LogP contribution in [0.15, 0.2) is 48.6 Å². The number of carbonyl (C=O) groups excluding carboxylic acids is 7. The van der Waals surface area contributed by atoms with Crippen LogP contribution in [0.25, 0.3) is 0 Å². The van der Waals surface area contributed by atoms with Crippen LogP contribution in [0.5, 0.6) is 0 Å². The van der Waals surface area contributed by atoms with Crippen LogP contribution in [-0.4, -0.2) is 227 Å². The number of ketones is 7. The van der Waals surface area contributed by atoms with Gasteiger partial charge in [-0.05, 0) is 167 Å². The number of hydrogen-bond acceptors (Lipinski definition) is 26. The van der Waals surface area contributed by atoms with E-state index in [0.717, 1.165) is 38.5 Å². The van der Waals surface area contributed by atoms with Gasteiger partial charge in [0.1, 0.15) is 51.9 Å². The second-order valence-electron chi connectivity index (χ2n) is 43.2. The van der Waals surface area contributed by atoms with Crippen LogP contribution in [0.2, 0.25) is 0 Å². The van der Waals surface area contributed by atoms with Gasteiger partial charge < -0.3 is 94.5 Å². The predicted molar refractivity (Wildman–Crippen MR) is 386 cm³/mol. The number of rotatable bonds is 0. The van der Waals surface area contributed by atoms with Crippen molar-refractivity contribution in [3.63, 3.8) is 0 Å². The highest BCUT2D eigenvalue weighted by Gasteiger charge is 2.97. The van der Waals surface area contributed by atoms with Crippen molar-refractivity contribution in [1.82, 2.24) is 10.6 Å². The molecule has 610 valence electrons. The Bertz CT molecular complexity index is 4470. The summed E-state index contributed by atoms with van der Waals surface area (Å²) in [6.45, 7) is 33.2. The first kappa shape index (κ1) is 75.4. The van der Waals surface area contributed by atoms with Gasteiger partial charge >= 0.3 is 0 Å².